The Morgan fingerprint density at radius 2 is 2.38 bits per heavy atom. The average Bonchev–Trinajstić information content (AvgIpc) is 1.68. The summed E-state index contributed by atoms with van der Waals surface area (Å²) in [7, 11) is 0. The van der Waals surface area contributed by atoms with Crippen LogP contribution in [0.2, 0.25) is 0 Å². The van der Waals surface area contributed by atoms with Crippen molar-refractivity contribution >= 4 is 0 Å². The van der Waals surface area contributed by atoms with Crippen LogP contribution in [0.3, 0.4) is 0 Å². The zero-order valence-corrected chi connectivity index (χ0v) is 5.43. The lowest BCUT2D eigenvalue weighted by molar-refractivity contribution is 0.315. The van der Waals surface area contributed by atoms with Gasteiger partial charge < -0.3 is 0 Å². The minimum atomic E-state index is 0.786. The Morgan fingerprint density at radius 3 is 2.75 bits per heavy atom. The summed E-state index contributed by atoms with van der Waals surface area (Å²) in [5.74, 6) is 5.46. The summed E-state index contributed by atoms with van der Waals surface area (Å²) >= 11 is 0. The quantitative estimate of drug-likeness (QED) is 0.332. The van der Waals surface area contributed by atoms with E-state index in [1.807, 2.05) is 0 Å². The van der Waals surface area contributed by atoms with Gasteiger partial charge in [-0.05, 0) is 6.42 Å². The van der Waals surface area contributed by atoms with Crippen molar-refractivity contribution < 1.29 is 0 Å². The lowest BCUT2D eigenvalue weighted by Crippen LogP contribution is -2.31. The SMILES string of the molecule is C=CCN(N)CCC. The summed E-state index contributed by atoms with van der Waals surface area (Å²) in [6.45, 7) is 7.40. The summed E-state index contributed by atoms with van der Waals surface area (Å²) in [6.07, 6.45) is 2.90. The lowest BCUT2D eigenvalue weighted by atomic mass is 10.4. The zero-order chi connectivity index (χ0) is 6.41. The predicted molar refractivity (Wildman–Crippen MR) is 36.2 cm³/mol. The normalized spacial score (nSPS) is 9.88. The topological polar surface area (TPSA) is 29.3 Å². The summed E-state index contributed by atoms with van der Waals surface area (Å²) in [5.41, 5.74) is 0. The molecule has 0 saturated heterocycles. The van der Waals surface area contributed by atoms with Crippen molar-refractivity contribution in [3.05, 3.63) is 12.7 Å². The summed E-state index contributed by atoms with van der Waals surface area (Å²) < 4.78 is 0. The van der Waals surface area contributed by atoms with Gasteiger partial charge in [0.1, 0.15) is 0 Å². The molecule has 2 nitrogen and oxygen atoms in total. The van der Waals surface area contributed by atoms with Crippen LogP contribution in [0.4, 0.5) is 0 Å². The van der Waals surface area contributed by atoms with E-state index in [0.717, 1.165) is 19.5 Å². The van der Waals surface area contributed by atoms with E-state index in [2.05, 4.69) is 13.5 Å². The van der Waals surface area contributed by atoms with E-state index in [0.29, 0.717) is 0 Å². The third kappa shape index (κ3) is 3.84. The molecule has 0 aromatic heterocycles. The predicted octanol–water partition coefficient (Wildman–Crippen LogP) is 0.758. The number of nitrogens with zero attached hydrogens (tertiary/aromatic N) is 1. The molecule has 48 valence electrons. The Kier molecular flexibility index (Phi) is 4.61. The fourth-order valence-corrected chi connectivity index (χ4v) is 0.544. The molecule has 0 heterocycles. The van der Waals surface area contributed by atoms with Crippen LogP contribution in [-0.2, 0) is 0 Å². The second-order valence-electron chi connectivity index (χ2n) is 1.78. The molecule has 0 atom stereocenters. The highest BCUT2D eigenvalue weighted by atomic mass is 15.4. The maximum atomic E-state index is 5.46. The van der Waals surface area contributed by atoms with Gasteiger partial charge in [0.2, 0.25) is 0 Å². The van der Waals surface area contributed by atoms with E-state index >= 15 is 0 Å². The Hall–Kier alpha value is -0.340. The Bertz CT molecular complexity index is 61.5. The van der Waals surface area contributed by atoms with Crippen LogP contribution >= 0.6 is 0 Å². The molecule has 0 radical (unpaired) electrons. The van der Waals surface area contributed by atoms with Crippen LogP contribution in [-0.4, -0.2) is 18.1 Å². The van der Waals surface area contributed by atoms with E-state index < -0.39 is 0 Å². The molecule has 0 rings (SSSR count). The first-order valence-corrected chi connectivity index (χ1v) is 2.91. The number of nitrogens with two attached hydrogens (primary N) is 1. The molecule has 0 bridgehead atoms. The number of hydrogen-bond acceptors (Lipinski definition) is 2. The molecule has 0 fully saturated rings. The van der Waals surface area contributed by atoms with Crippen LogP contribution in [0, 0.1) is 0 Å². The molecule has 8 heavy (non-hydrogen) atoms. The second-order valence-corrected chi connectivity index (χ2v) is 1.78. The third-order valence-electron chi connectivity index (χ3n) is 0.874. The zero-order valence-electron chi connectivity index (χ0n) is 5.43. The lowest BCUT2D eigenvalue weighted by Gasteiger charge is -2.10. The molecule has 0 aliphatic carbocycles. The molecule has 0 aromatic carbocycles. The fourth-order valence-electron chi connectivity index (χ4n) is 0.544. The van der Waals surface area contributed by atoms with Crippen molar-refractivity contribution in [2.45, 2.75) is 13.3 Å². The van der Waals surface area contributed by atoms with Crippen LogP contribution < -0.4 is 5.84 Å². The molecule has 0 saturated carbocycles. The molecule has 0 aliphatic rings. The first-order chi connectivity index (χ1) is 3.81. The summed E-state index contributed by atoms with van der Waals surface area (Å²) in [5, 5.41) is 1.74. The Morgan fingerprint density at radius 1 is 1.75 bits per heavy atom. The van der Waals surface area contributed by atoms with Crippen LogP contribution in [0.15, 0.2) is 12.7 Å². The van der Waals surface area contributed by atoms with Gasteiger partial charge >= 0.3 is 0 Å². The van der Waals surface area contributed by atoms with E-state index in [1.54, 1.807) is 11.1 Å². The largest absolute Gasteiger partial charge is 0.269 e. The van der Waals surface area contributed by atoms with Crippen molar-refractivity contribution in [3.63, 3.8) is 0 Å². The van der Waals surface area contributed by atoms with Crippen molar-refractivity contribution in [2.75, 3.05) is 13.1 Å². The van der Waals surface area contributed by atoms with Crippen LogP contribution in [0.25, 0.3) is 0 Å². The second kappa shape index (κ2) is 4.81. The Balaban J connectivity index is 3.03. The highest BCUT2D eigenvalue weighted by molar-refractivity contribution is 4.69. The van der Waals surface area contributed by atoms with Crippen LogP contribution in [0.5, 0.6) is 0 Å². The summed E-state index contributed by atoms with van der Waals surface area (Å²) in [6, 6.07) is 0. The number of hydrogen-bond donors (Lipinski definition) is 1. The molecule has 0 aromatic rings. The van der Waals surface area contributed by atoms with Crippen molar-refractivity contribution in [1.29, 1.82) is 0 Å². The molecule has 0 unspecified atom stereocenters. The van der Waals surface area contributed by atoms with E-state index in [-0.39, 0.29) is 0 Å². The molecular formula is C6H14N2. The maximum Gasteiger partial charge on any atom is 0.0306 e. The van der Waals surface area contributed by atoms with Gasteiger partial charge in [-0.15, -0.1) is 6.58 Å². The van der Waals surface area contributed by atoms with Gasteiger partial charge in [0.05, 0.1) is 0 Å². The standard InChI is InChI=1S/C6H14N2/c1-3-5-8(7)6-4-2/h3H,1,4-7H2,2H3. The Labute approximate surface area is 50.9 Å². The van der Waals surface area contributed by atoms with Gasteiger partial charge in [0, 0.05) is 13.1 Å². The number of hydrazine groups is 1. The van der Waals surface area contributed by atoms with Crippen molar-refractivity contribution in [2.24, 2.45) is 5.84 Å². The van der Waals surface area contributed by atoms with Gasteiger partial charge in [-0.2, -0.15) is 0 Å². The van der Waals surface area contributed by atoms with E-state index in [4.69, 9.17) is 5.84 Å². The van der Waals surface area contributed by atoms with E-state index in [1.165, 1.54) is 0 Å². The minimum Gasteiger partial charge on any atom is -0.269 e. The van der Waals surface area contributed by atoms with E-state index in [9.17, 15) is 0 Å². The van der Waals surface area contributed by atoms with Crippen molar-refractivity contribution in [1.82, 2.24) is 5.01 Å². The molecule has 2 heteroatoms. The highest BCUT2D eigenvalue weighted by Crippen LogP contribution is 1.80. The van der Waals surface area contributed by atoms with Crippen molar-refractivity contribution in [3.8, 4) is 0 Å². The van der Waals surface area contributed by atoms with Gasteiger partial charge in [-0.3, -0.25) is 5.84 Å². The first-order valence-electron chi connectivity index (χ1n) is 2.91. The van der Waals surface area contributed by atoms with Gasteiger partial charge in [0.25, 0.3) is 0 Å². The molecule has 0 amide bonds. The van der Waals surface area contributed by atoms with Crippen LogP contribution in [0.1, 0.15) is 13.3 Å². The summed E-state index contributed by atoms with van der Waals surface area (Å²) in [4.78, 5) is 0. The van der Waals surface area contributed by atoms with Gasteiger partial charge in [0.15, 0.2) is 0 Å². The third-order valence-corrected chi connectivity index (χ3v) is 0.874. The molecule has 2 N–H and O–H groups in total. The average molecular weight is 114 g/mol. The minimum absolute atomic E-state index is 0.786. The van der Waals surface area contributed by atoms with Gasteiger partial charge in [-0.25, -0.2) is 5.01 Å². The smallest absolute Gasteiger partial charge is 0.0306 e. The van der Waals surface area contributed by atoms with Gasteiger partial charge in [-0.1, -0.05) is 13.0 Å². The first kappa shape index (κ1) is 7.66. The maximum absolute atomic E-state index is 5.46. The number of rotatable bonds is 4. The molecular weight excluding hydrogens is 100 g/mol. The monoisotopic (exact) mass is 114 g/mol. The fraction of sp³-hybridized carbons (Fsp3) is 0.667. The molecule has 0 spiro atoms. The molecule has 0 aliphatic heterocycles. The highest BCUT2D eigenvalue weighted by Gasteiger charge is 1.88.